The van der Waals surface area contributed by atoms with Crippen LogP contribution >= 0.6 is 0 Å². The Morgan fingerprint density at radius 3 is 3.08 bits per heavy atom. The van der Waals surface area contributed by atoms with Gasteiger partial charge in [0.15, 0.2) is 0 Å². The number of carbonyl (C=O) groups excluding carboxylic acids is 1. The fourth-order valence-corrected chi connectivity index (χ4v) is 3.29. The maximum atomic E-state index is 12.4. The van der Waals surface area contributed by atoms with Crippen LogP contribution in [0.15, 0.2) is 30.6 Å². The number of nitrogens with zero attached hydrogens (tertiary/aromatic N) is 2. The number of aromatic nitrogens is 2. The number of carbonyl (C=O) groups is 1. The number of amides is 1. The molecular formula is C20H27N4O2. The predicted octanol–water partition coefficient (Wildman–Crippen LogP) is 2.16. The number of ether oxygens (including phenoxy) is 1. The third-order valence-corrected chi connectivity index (χ3v) is 4.79. The number of rotatable bonds is 6. The topological polar surface area (TPSA) is 68.2 Å². The summed E-state index contributed by atoms with van der Waals surface area (Å²) in [5.74, 6) is 0.880. The van der Waals surface area contributed by atoms with Gasteiger partial charge in [0.25, 0.3) is 0 Å². The Hall–Kier alpha value is -2.34. The molecule has 3 rings (SSSR count). The van der Waals surface area contributed by atoms with E-state index in [0.29, 0.717) is 6.61 Å². The van der Waals surface area contributed by atoms with Crippen LogP contribution in [0, 0.1) is 12.0 Å². The molecule has 0 saturated carbocycles. The van der Waals surface area contributed by atoms with E-state index in [2.05, 4.69) is 28.7 Å². The van der Waals surface area contributed by atoms with Gasteiger partial charge in [-0.25, -0.2) is 0 Å². The molecule has 1 amide bonds. The van der Waals surface area contributed by atoms with Crippen LogP contribution in [0.2, 0.25) is 0 Å². The molecule has 2 N–H and O–H groups in total. The molecule has 1 fully saturated rings. The lowest BCUT2D eigenvalue weighted by molar-refractivity contribution is -0.127. The van der Waals surface area contributed by atoms with E-state index in [1.165, 1.54) is 0 Å². The molecule has 1 aliphatic heterocycles. The van der Waals surface area contributed by atoms with Crippen molar-refractivity contribution in [2.45, 2.75) is 38.8 Å². The second kappa shape index (κ2) is 8.36. The van der Waals surface area contributed by atoms with E-state index in [4.69, 9.17) is 4.74 Å². The summed E-state index contributed by atoms with van der Waals surface area (Å²) in [5, 5.41) is 10.6. The third kappa shape index (κ3) is 4.64. The number of piperidine rings is 1. The molecule has 139 valence electrons. The molecule has 3 atom stereocenters. The largest absolute Gasteiger partial charge is 0.491 e. The lowest BCUT2D eigenvalue weighted by Gasteiger charge is -2.30. The number of hydrogen-bond acceptors (Lipinski definition) is 4. The Balaban J connectivity index is 1.53. The average Bonchev–Trinajstić information content (AvgIpc) is 3.07. The van der Waals surface area contributed by atoms with Crippen molar-refractivity contribution in [2.24, 2.45) is 13.0 Å². The van der Waals surface area contributed by atoms with E-state index in [1.54, 1.807) is 4.68 Å². The maximum absolute atomic E-state index is 12.4. The fraction of sp³-hybridized carbons (Fsp3) is 0.500. The van der Waals surface area contributed by atoms with Gasteiger partial charge in [0, 0.05) is 24.8 Å². The first-order valence-corrected chi connectivity index (χ1v) is 9.19. The minimum Gasteiger partial charge on any atom is -0.491 e. The van der Waals surface area contributed by atoms with Crippen molar-refractivity contribution in [2.75, 3.05) is 13.2 Å². The van der Waals surface area contributed by atoms with Gasteiger partial charge in [-0.2, -0.15) is 5.10 Å². The molecule has 0 unspecified atom stereocenters. The van der Waals surface area contributed by atoms with Crippen LogP contribution in [0.4, 0.5) is 0 Å². The highest BCUT2D eigenvalue weighted by atomic mass is 16.5. The highest BCUT2D eigenvalue weighted by Crippen LogP contribution is 2.23. The molecule has 0 bridgehead atoms. The van der Waals surface area contributed by atoms with Gasteiger partial charge in [0.05, 0.1) is 18.2 Å². The van der Waals surface area contributed by atoms with Gasteiger partial charge >= 0.3 is 0 Å². The first kappa shape index (κ1) is 18.5. The van der Waals surface area contributed by atoms with Gasteiger partial charge < -0.3 is 15.4 Å². The lowest BCUT2D eigenvalue weighted by atomic mass is 9.91. The van der Waals surface area contributed by atoms with Crippen LogP contribution in [0.5, 0.6) is 5.75 Å². The summed E-state index contributed by atoms with van der Waals surface area (Å²) in [4.78, 5) is 12.4. The van der Waals surface area contributed by atoms with Gasteiger partial charge in [0.2, 0.25) is 5.91 Å². The van der Waals surface area contributed by atoms with Crippen molar-refractivity contribution in [3.63, 3.8) is 0 Å². The van der Waals surface area contributed by atoms with Crippen LogP contribution in [0.1, 0.15) is 26.7 Å². The second-order valence-corrected chi connectivity index (χ2v) is 7.07. The predicted molar refractivity (Wildman–Crippen MR) is 101 cm³/mol. The molecule has 1 saturated heterocycles. The molecule has 1 aromatic heterocycles. The SMILES string of the molecule is C[C@H](COc1c[c]cc(-c2cnn(C)c2)c1)NC(=O)[C@H]1CCCN[C@H]1C. The van der Waals surface area contributed by atoms with E-state index < -0.39 is 0 Å². The van der Waals surface area contributed by atoms with Crippen molar-refractivity contribution in [1.82, 2.24) is 20.4 Å². The molecule has 2 aromatic rings. The Labute approximate surface area is 154 Å². The van der Waals surface area contributed by atoms with Crippen molar-refractivity contribution >= 4 is 5.91 Å². The number of aryl methyl sites for hydroxylation is 1. The second-order valence-electron chi connectivity index (χ2n) is 7.07. The van der Waals surface area contributed by atoms with Crippen molar-refractivity contribution in [3.05, 3.63) is 36.7 Å². The summed E-state index contributed by atoms with van der Waals surface area (Å²) in [6.45, 7) is 5.45. The molecule has 0 spiro atoms. The molecule has 2 heterocycles. The molecule has 26 heavy (non-hydrogen) atoms. The molecule has 1 aliphatic rings. The van der Waals surface area contributed by atoms with Crippen LogP contribution in [-0.4, -0.2) is 40.9 Å². The van der Waals surface area contributed by atoms with Crippen LogP contribution in [0.25, 0.3) is 11.1 Å². The molecule has 6 nitrogen and oxygen atoms in total. The van der Waals surface area contributed by atoms with Gasteiger partial charge in [-0.3, -0.25) is 9.48 Å². The van der Waals surface area contributed by atoms with E-state index >= 15 is 0 Å². The van der Waals surface area contributed by atoms with E-state index in [0.717, 1.165) is 36.3 Å². The normalized spacial score (nSPS) is 21.2. The first-order chi connectivity index (χ1) is 12.5. The third-order valence-electron chi connectivity index (χ3n) is 4.79. The summed E-state index contributed by atoms with van der Waals surface area (Å²) in [6, 6.07) is 8.95. The monoisotopic (exact) mass is 355 g/mol. The lowest BCUT2D eigenvalue weighted by Crippen LogP contribution is -2.49. The summed E-state index contributed by atoms with van der Waals surface area (Å²) in [6.07, 6.45) is 5.75. The smallest absolute Gasteiger partial charge is 0.224 e. The zero-order valence-electron chi connectivity index (χ0n) is 15.7. The van der Waals surface area contributed by atoms with E-state index in [-0.39, 0.29) is 23.9 Å². The Bertz CT molecular complexity index is 743. The number of benzene rings is 1. The first-order valence-electron chi connectivity index (χ1n) is 9.19. The summed E-state index contributed by atoms with van der Waals surface area (Å²) < 4.78 is 7.63. The van der Waals surface area contributed by atoms with Gasteiger partial charge in [-0.1, -0.05) is 0 Å². The highest BCUT2D eigenvalue weighted by molar-refractivity contribution is 5.79. The van der Waals surface area contributed by atoms with E-state index in [9.17, 15) is 4.79 Å². The Kier molecular flexibility index (Phi) is 5.93. The van der Waals surface area contributed by atoms with Gasteiger partial charge in [-0.05, 0) is 63.1 Å². The van der Waals surface area contributed by atoms with Crippen LogP contribution < -0.4 is 15.4 Å². The standard InChI is InChI=1S/C20H27N4O2/c1-14(23-20(25)19-8-5-9-21-15(19)2)13-26-18-7-4-6-16(10-18)17-11-22-24(3)12-17/h6-7,10-12,14-15,19,21H,5,8-9,13H2,1-3H3,(H,23,25)/t14-,15+,19+/m1/s1. The summed E-state index contributed by atoms with van der Waals surface area (Å²) in [5.41, 5.74) is 2.03. The minimum absolute atomic E-state index is 0.0356. The quantitative estimate of drug-likeness (QED) is 0.833. The molecule has 1 radical (unpaired) electrons. The van der Waals surface area contributed by atoms with Gasteiger partial charge in [-0.15, -0.1) is 0 Å². The average molecular weight is 355 g/mol. The maximum Gasteiger partial charge on any atom is 0.224 e. The molecular weight excluding hydrogens is 328 g/mol. The van der Waals surface area contributed by atoms with Crippen LogP contribution in [-0.2, 0) is 11.8 Å². The van der Waals surface area contributed by atoms with Gasteiger partial charge in [0.1, 0.15) is 12.4 Å². The highest BCUT2D eigenvalue weighted by Gasteiger charge is 2.28. The Morgan fingerprint density at radius 2 is 2.35 bits per heavy atom. The minimum atomic E-state index is -0.0568. The summed E-state index contributed by atoms with van der Waals surface area (Å²) >= 11 is 0. The molecule has 6 heteroatoms. The fourth-order valence-electron chi connectivity index (χ4n) is 3.29. The Morgan fingerprint density at radius 1 is 1.50 bits per heavy atom. The zero-order valence-corrected chi connectivity index (χ0v) is 15.7. The number of hydrogen-bond donors (Lipinski definition) is 2. The van der Waals surface area contributed by atoms with E-state index in [1.807, 2.05) is 44.6 Å². The molecule has 0 aliphatic carbocycles. The van der Waals surface area contributed by atoms with Crippen molar-refractivity contribution in [1.29, 1.82) is 0 Å². The van der Waals surface area contributed by atoms with Crippen molar-refractivity contribution in [3.8, 4) is 16.9 Å². The summed E-state index contributed by atoms with van der Waals surface area (Å²) in [7, 11) is 1.89. The molecule has 1 aromatic carbocycles. The number of nitrogens with one attached hydrogen (secondary N) is 2. The van der Waals surface area contributed by atoms with Crippen LogP contribution in [0.3, 0.4) is 0 Å². The zero-order chi connectivity index (χ0) is 18.5. The van der Waals surface area contributed by atoms with Crippen molar-refractivity contribution < 1.29 is 9.53 Å².